The first-order valence-corrected chi connectivity index (χ1v) is 5.94. The lowest BCUT2D eigenvalue weighted by Crippen LogP contribution is -2.40. The molecule has 7 heteroatoms. The monoisotopic (exact) mass is 274 g/mol. The molecule has 0 saturated carbocycles. The molecule has 0 spiro atoms. The molecule has 1 unspecified atom stereocenters. The predicted molar refractivity (Wildman–Crippen MR) is 71.1 cm³/mol. The van der Waals surface area contributed by atoms with Crippen molar-refractivity contribution in [2.24, 2.45) is 5.73 Å². The number of nitrogens with zero attached hydrogens (tertiary/aromatic N) is 2. The minimum atomic E-state index is -1.41. The minimum absolute atomic E-state index is 0.186. The first-order valence-electron chi connectivity index (χ1n) is 5.94. The summed E-state index contributed by atoms with van der Waals surface area (Å²) < 4.78 is 1.55. The van der Waals surface area contributed by atoms with Gasteiger partial charge in [0.25, 0.3) is 5.91 Å². The Balaban J connectivity index is 2.02. The maximum atomic E-state index is 11.8. The van der Waals surface area contributed by atoms with Crippen LogP contribution >= 0.6 is 0 Å². The topological polar surface area (TPSA) is 110 Å². The molecule has 0 aliphatic heterocycles. The van der Waals surface area contributed by atoms with Crippen molar-refractivity contribution in [2.45, 2.75) is 6.10 Å². The number of aliphatic hydroxyl groups is 1. The molecule has 0 radical (unpaired) electrons. The normalized spacial score (nSPS) is 11.8. The lowest BCUT2D eigenvalue weighted by molar-refractivity contribution is -0.125. The Morgan fingerprint density at radius 2 is 2.00 bits per heavy atom. The fourth-order valence-electron chi connectivity index (χ4n) is 1.55. The van der Waals surface area contributed by atoms with E-state index < -0.39 is 17.9 Å². The zero-order valence-corrected chi connectivity index (χ0v) is 10.6. The van der Waals surface area contributed by atoms with Crippen LogP contribution in [0.4, 0.5) is 0 Å². The summed E-state index contributed by atoms with van der Waals surface area (Å²) >= 11 is 0. The van der Waals surface area contributed by atoms with Gasteiger partial charge < -0.3 is 16.2 Å². The first kappa shape index (κ1) is 13.8. The van der Waals surface area contributed by atoms with Crippen LogP contribution in [0.5, 0.6) is 0 Å². The third kappa shape index (κ3) is 3.21. The number of aromatic nitrogens is 2. The van der Waals surface area contributed by atoms with E-state index in [1.807, 2.05) is 30.3 Å². The van der Waals surface area contributed by atoms with Gasteiger partial charge in [0, 0.05) is 6.20 Å². The van der Waals surface area contributed by atoms with Crippen molar-refractivity contribution in [3.8, 4) is 5.69 Å². The Kier molecular flexibility index (Phi) is 4.11. The van der Waals surface area contributed by atoms with Crippen molar-refractivity contribution >= 4 is 11.8 Å². The van der Waals surface area contributed by atoms with Crippen molar-refractivity contribution in [2.75, 3.05) is 6.54 Å². The van der Waals surface area contributed by atoms with Gasteiger partial charge in [-0.1, -0.05) is 18.2 Å². The summed E-state index contributed by atoms with van der Waals surface area (Å²) in [6.45, 7) is -0.244. The van der Waals surface area contributed by atoms with E-state index in [4.69, 9.17) is 5.73 Å². The number of hydrogen-bond donors (Lipinski definition) is 3. The van der Waals surface area contributed by atoms with Gasteiger partial charge in [0.05, 0.1) is 12.2 Å². The average molecular weight is 274 g/mol. The van der Waals surface area contributed by atoms with Crippen LogP contribution in [0, 0.1) is 0 Å². The van der Waals surface area contributed by atoms with Crippen LogP contribution in [-0.4, -0.2) is 39.4 Å². The van der Waals surface area contributed by atoms with Gasteiger partial charge in [-0.15, -0.1) is 0 Å². The summed E-state index contributed by atoms with van der Waals surface area (Å²) in [5.74, 6) is -1.37. The van der Waals surface area contributed by atoms with Gasteiger partial charge in [0.1, 0.15) is 6.10 Å². The van der Waals surface area contributed by atoms with Crippen LogP contribution in [0.3, 0.4) is 0 Å². The SMILES string of the molecule is NC(=O)C(O)CNC(=O)c1ccn(-c2ccccc2)n1. The Morgan fingerprint density at radius 3 is 2.65 bits per heavy atom. The number of para-hydroxylation sites is 1. The van der Waals surface area contributed by atoms with Gasteiger partial charge in [-0.2, -0.15) is 5.10 Å². The zero-order chi connectivity index (χ0) is 14.5. The molecular weight excluding hydrogens is 260 g/mol. The van der Waals surface area contributed by atoms with E-state index in [1.54, 1.807) is 16.9 Å². The van der Waals surface area contributed by atoms with Crippen molar-refractivity contribution < 1.29 is 14.7 Å². The van der Waals surface area contributed by atoms with E-state index in [0.717, 1.165) is 5.69 Å². The van der Waals surface area contributed by atoms with Crippen molar-refractivity contribution in [3.63, 3.8) is 0 Å². The summed E-state index contributed by atoms with van der Waals surface area (Å²) in [5.41, 5.74) is 5.89. The minimum Gasteiger partial charge on any atom is -0.381 e. The molecule has 0 saturated heterocycles. The fraction of sp³-hybridized carbons (Fsp3) is 0.154. The van der Waals surface area contributed by atoms with Gasteiger partial charge in [0.2, 0.25) is 5.91 Å². The van der Waals surface area contributed by atoms with E-state index in [2.05, 4.69) is 10.4 Å². The van der Waals surface area contributed by atoms with Gasteiger partial charge >= 0.3 is 0 Å². The van der Waals surface area contributed by atoms with Gasteiger partial charge in [-0.3, -0.25) is 9.59 Å². The number of nitrogens with two attached hydrogens (primary N) is 1. The van der Waals surface area contributed by atoms with Crippen LogP contribution in [0.1, 0.15) is 10.5 Å². The molecule has 1 aromatic heterocycles. The largest absolute Gasteiger partial charge is 0.381 e. The quantitative estimate of drug-likeness (QED) is 0.679. The molecule has 2 rings (SSSR count). The highest BCUT2D eigenvalue weighted by Gasteiger charge is 2.15. The Morgan fingerprint density at radius 1 is 1.30 bits per heavy atom. The Bertz CT molecular complexity index is 609. The second-order valence-electron chi connectivity index (χ2n) is 4.11. The van der Waals surface area contributed by atoms with E-state index in [9.17, 15) is 14.7 Å². The molecule has 0 aliphatic rings. The predicted octanol–water partition coefficient (Wildman–Crippen LogP) is -0.552. The maximum Gasteiger partial charge on any atom is 0.271 e. The van der Waals surface area contributed by atoms with Crippen molar-refractivity contribution in [1.29, 1.82) is 0 Å². The third-order valence-corrected chi connectivity index (χ3v) is 2.63. The molecule has 0 fully saturated rings. The van der Waals surface area contributed by atoms with Crippen LogP contribution in [0.15, 0.2) is 42.6 Å². The second-order valence-corrected chi connectivity index (χ2v) is 4.11. The Labute approximate surface area is 115 Å². The molecule has 7 nitrogen and oxygen atoms in total. The number of aliphatic hydroxyl groups excluding tert-OH is 1. The molecule has 4 N–H and O–H groups in total. The maximum absolute atomic E-state index is 11.8. The Hall–Kier alpha value is -2.67. The molecule has 1 aromatic carbocycles. The van der Waals surface area contributed by atoms with E-state index in [0.29, 0.717) is 0 Å². The van der Waals surface area contributed by atoms with E-state index in [1.165, 1.54) is 0 Å². The highest BCUT2D eigenvalue weighted by molar-refractivity contribution is 5.92. The molecule has 20 heavy (non-hydrogen) atoms. The first-order chi connectivity index (χ1) is 9.58. The van der Waals surface area contributed by atoms with Crippen molar-refractivity contribution in [1.82, 2.24) is 15.1 Å². The summed E-state index contributed by atoms with van der Waals surface area (Å²) in [7, 11) is 0. The smallest absolute Gasteiger partial charge is 0.271 e. The summed E-state index contributed by atoms with van der Waals surface area (Å²) in [4.78, 5) is 22.4. The number of carbonyl (C=O) groups is 2. The van der Waals surface area contributed by atoms with Crippen LogP contribution < -0.4 is 11.1 Å². The number of nitrogens with one attached hydrogen (secondary N) is 1. The van der Waals surface area contributed by atoms with E-state index in [-0.39, 0.29) is 12.2 Å². The molecule has 2 aromatic rings. The number of hydrogen-bond acceptors (Lipinski definition) is 4. The van der Waals surface area contributed by atoms with Crippen LogP contribution in [0.25, 0.3) is 5.69 Å². The lowest BCUT2D eigenvalue weighted by Gasteiger charge is -2.06. The lowest BCUT2D eigenvalue weighted by atomic mass is 10.3. The molecule has 0 aliphatic carbocycles. The van der Waals surface area contributed by atoms with Crippen LogP contribution in [0.2, 0.25) is 0 Å². The number of amides is 2. The highest BCUT2D eigenvalue weighted by atomic mass is 16.3. The summed E-state index contributed by atoms with van der Waals surface area (Å²) in [6.07, 6.45) is 0.240. The van der Waals surface area contributed by atoms with Gasteiger partial charge in [0.15, 0.2) is 5.69 Å². The number of primary amides is 1. The van der Waals surface area contributed by atoms with Gasteiger partial charge in [-0.05, 0) is 18.2 Å². The highest BCUT2D eigenvalue weighted by Crippen LogP contribution is 2.06. The summed E-state index contributed by atoms with van der Waals surface area (Å²) in [5, 5.41) is 15.7. The molecule has 104 valence electrons. The zero-order valence-electron chi connectivity index (χ0n) is 10.6. The molecule has 2 amide bonds. The molecular formula is C13H14N4O3. The second kappa shape index (κ2) is 5.98. The van der Waals surface area contributed by atoms with Crippen LogP contribution in [-0.2, 0) is 4.79 Å². The van der Waals surface area contributed by atoms with Crippen molar-refractivity contribution in [3.05, 3.63) is 48.3 Å². The van der Waals surface area contributed by atoms with Gasteiger partial charge in [-0.25, -0.2) is 4.68 Å². The fourth-order valence-corrected chi connectivity index (χ4v) is 1.55. The third-order valence-electron chi connectivity index (χ3n) is 2.63. The number of rotatable bonds is 5. The average Bonchev–Trinajstić information content (AvgIpc) is 2.95. The molecule has 0 bridgehead atoms. The molecule has 1 heterocycles. The number of carbonyl (C=O) groups excluding carboxylic acids is 2. The standard InChI is InChI=1S/C13H14N4O3/c14-12(19)11(18)8-15-13(20)10-6-7-17(16-10)9-4-2-1-3-5-9/h1-7,11,18H,8H2,(H2,14,19)(H,15,20). The molecule has 1 atom stereocenters. The summed E-state index contributed by atoms with van der Waals surface area (Å²) in [6, 6.07) is 10.8. The van der Waals surface area contributed by atoms with E-state index >= 15 is 0 Å². The number of benzene rings is 1.